The Bertz CT molecular complexity index is 332. The molecule has 1 heterocycles. The zero-order valence-electron chi connectivity index (χ0n) is 14.6. The number of nitrogens with one attached hydrogen (secondary N) is 1. The molecule has 0 aromatic carbocycles. The van der Waals surface area contributed by atoms with Gasteiger partial charge in [-0.15, -0.1) is 24.0 Å². The van der Waals surface area contributed by atoms with Crippen LogP contribution in [0, 0.1) is 5.92 Å². The summed E-state index contributed by atoms with van der Waals surface area (Å²) in [6.45, 7) is 12.2. The van der Waals surface area contributed by atoms with Crippen LogP contribution in [0.5, 0.6) is 0 Å². The van der Waals surface area contributed by atoms with Crippen LogP contribution in [0.3, 0.4) is 0 Å². The van der Waals surface area contributed by atoms with Crippen LogP contribution >= 0.6 is 35.7 Å². The predicted octanol–water partition coefficient (Wildman–Crippen LogP) is 2.59. The predicted molar refractivity (Wildman–Crippen MR) is 107 cm³/mol. The molecule has 1 fully saturated rings. The van der Waals surface area contributed by atoms with Crippen molar-refractivity contribution in [3.05, 3.63) is 0 Å². The van der Waals surface area contributed by atoms with E-state index in [-0.39, 0.29) is 29.5 Å². The Hall–Kier alpha value is 0.310. The smallest absolute Gasteiger partial charge is 0.193 e. The molecule has 4 nitrogen and oxygen atoms in total. The Labute approximate surface area is 152 Å². The highest BCUT2D eigenvalue weighted by Gasteiger charge is 2.26. The fraction of sp³-hybridized carbons (Fsp3) is 0.933. The van der Waals surface area contributed by atoms with Crippen molar-refractivity contribution in [3.63, 3.8) is 0 Å². The van der Waals surface area contributed by atoms with Crippen molar-refractivity contribution < 1.29 is 0 Å². The molecule has 0 bridgehead atoms. The van der Waals surface area contributed by atoms with Crippen molar-refractivity contribution >= 4 is 41.7 Å². The summed E-state index contributed by atoms with van der Waals surface area (Å²) in [7, 11) is 6.13. The van der Waals surface area contributed by atoms with Crippen molar-refractivity contribution in [3.8, 4) is 0 Å². The molecule has 21 heavy (non-hydrogen) atoms. The Morgan fingerprint density at radius 3 is 2.52 bits per heavy atom. The maximum atomic E-state index is 4.47. The molecule has 126 valence electrons. The number of aliphatic imine (C=N–C) groups is 1. The number of nitrogens with zero attached hydrogens (tertiary/aromatic N) is 3. The number of thioether (sulfide) groups is 1. The zero-order valence-corrected chi connectivity index (χ0v) is 17.8. The van der Waals surface area contributed by atoms with Crippen LogP contribution in [-0.4, -0.2) is 73.1 Å². The lowest BCUT2D eigenvalue weighted by Gasteiger charge is -2.38. The summed E-state index contributed by atoms with van der Waals surface area (Å²) in [5.41, 5.74) is 0.123. The molecule has 1 aliphatic rings. The number of halogens is 1. The van der Waals surface area contributed by atoms with E-state index in [0.29, 0.717) is 5.25 Å². The standard InChI is InChI=1S/C15H32N4S.HI/c1-12(2)13-10-19(8-9-20-13)14(16-5)17-11-15(3,4)18(6)7;/h12-13H,8-11H2,1-7H3,(H,16,17);1H. The Morgan fingerprint density at radius 1 is 1.43 bits per heavy atom. The van der Waals surface area contributed by atoms with E-state index in [1.165, 1.54) is 5.75 Å². The third-order valence-electron chi connectivity index (χ3n) is 4.24. The molecule has 0 aromatic rings. The lowest BCUT2D eigenvalue weighted by atomic mass is 10.0. The van der Waals surface area contributed by atoms with E-state index in [2.05, 4.69) is 73.7 Å². The Morgan fingerprint density at radius 2 is 2.05 bits per heavy atom. The van der Waals surface area contributed by atoms with Crippen molar-refractivity contribution in [2.24, 2.45) is 10.9 Å². The van der Waals surface area contributed by atoms with E-state index in [0.717, 1.165) is 31.5 Å². The zero-order chi connectivity index (χ0) is 15.3. The van der Waals surface area contributed by atoms with Gasteiger partial charge >= 0.3 is 0 Å². The summed E-state index contributed by atoms with van der Waals surface area (Å²) in [4.78, 5) is 9.13. The van der Waals surface area contributed by atoms with E-state index in [4.69, 9.17) is 0 Å². The number of likely N-dealkylation sites (N-methyl/N-ethyl adjacent to an activating group) is 1. The maximum absolute atomic E-state index is 4.47. The van der Waals surface area contributed by atoms with Crippen molar-refractivity contribution in [1.29, 1.82) is 0 Å². The van der Waals surface area contributed by atoms with Gasteiger partial charge in [-0.2, -0.15) is 11.8 Å². The van der Waals surface area contributed by atoms with Crippen molar-refractivity contribution in [2.75, 3.05) is 46.5 Å². The Balaban J connectivity index is 0.00000400. The van der Waals surface area contributed by atoms with Gasteiger partial charge in [0.25, 0.3) is 0 Å². The molecule has 1 saturated heterocycles. The van der Waals surface area contributed by atoms with Crippen LogP contribution < -0.4 is 5.32 Å². The monoisotopic (exact) mass is 428 g/mol. The minimum atomic E-state index is 0. The third kappa shape index (κ3) is 6.52. The summed E-state index contributed by atoms with van der Waals surface area (Å²) in [6, 6.07) is 0. The summed E-state index contributed by atoms with van der Waals surface area (Å²) in [5, 5.41) is 4.26. The van der Waals surface area contributed by atoms with Crippen LogP contribution in [0.4, 0.5) is 0 Å². The van der Waals surface area contributed by atoms with Crippen LogP contribution in [0.25, 0.3) is 0 Å². The second-order valence-electron chi connectivity index (χ2n) is 6.71. The van der Waals surface area contributed by atoms with E-state index in [9.17, 15) is 0 Å². The van der Waals surface area contributed by atoms with E-state index >= 15 is 0 Å². The van der Waals surface area contributed by atoms with Gasteiger partial charge in [-0.05, 0) is 33.9 Å². The van der Waals surface area contributed by atoms with Gasteiger partial charge in [0, 0.05) is 43.2 Å². The summed E-state index contributed by atoms with van der Waals surface area (Å²) in [6.07, 6.45) is 0. The normalized spacial score (nSPS) is 20.7. The maximum Gasteiger partial charge on any atom is 0.193 e. The minimum Gasteiger partial charge on any atom is -0.354 e. The molecule has 1 N–H and O–H groups in total. The van der Waals surface area contributed by atoms with Gasteiger partial charge in [-0.1, -0.05) is 13.8 Å². The summed E-state index contributed by atoms with van der Waals surface area (Å²) < 4.78 is 0. The van der Waals surface area contributed by atoms with Gasteiger partial charge in [0.05, 0.1) is 0 Å². The average Bonchev–Trinajstić information content (AvgIpc) is 2.39. The second kappa shape index (κ2) is 9.45. The number of rotatable bonds is 4. The minimum absolute atomic E-state index is 0. The fourth-order valence-corrected chi connectivity index (χ4v) is 3.36. The molecule has 0 spiro atoms. The number of guanidine groups is 1. The van der Waals surface area contributed by atoms with Gasteiger partial charge < -0.3 is 15.1 Å². The van der Waals surface area contributed by atoms with Crippen LogP contribution in [-0.2, 0) is 0 Å². The molecular formula is C15H33IN4S. The van der Waals surface area contributed by atoms with Crippen LogP contribution in [0.2, 0.25) is 0 Å². The molecule has 1 rings (SSSR count). The molecule has 1 aliphatic heterocycles. The molecule has 0 aromatic heterocycles. The van der Waals surface area contributed by atoms with E-state index in [1.807, 2.05) is 7.05 Å². The third-order valence-corrected chi connectivity index (χ3v) is 5.78. The van der Waals surface area contributed by atoms with Crippen molar-refractivity contribution in [1.82, 2.24) is 15.1 Å². The average molecular weight is 428 g/mol. The lowest BCUT2D eigenvalue weighted by Crippen LogP contribution is -2.54. The van der Waals surface area contributed by atoms with Crippen LogP contribution in [0.1, 0.15) is 27.7 Å². The van der Waals surface area contributed by atoms with Gasteiger partial charge in [0.15, 0.2) is 5.96 Å². The quantitative estimate of drug-likeness (QED) is 0.424. The van der Waals surface area contributed by atoms with E-state index in [1.54, 1.807) is 0 Å². The molecule has 0 amide bonds. The molecule has 0 saturated carbocycles. The topological polar surface area (TPSA) is 30.9 Å². The summed E-state index contributed by atoms with van der Waals surface area (Å²) in [5.74, 6) is 2.96. The van der Waals surface area contributed by atoms with E-state index < -0.39 is 0 Å². The lowest BCUT2D eigenvalue weighted by molar-refractivity contribution is 0.195. The van der Waals surface area contributed by atoms with Gasteiger partial charge in [-0.3, -0.25) is 4.99 Å². The first-order valence-electron chi connectivity index (χ1n) is 7.52. The number of hydrogen-bond acceptors (Lipinski definition) is 3. The highest BCUT2D eigenvalue weighted by Crippen LogP contribution is 2.24. The first-order chi connectivity index (χ1) is 9.27. The molecule has 0 aliphatic carbocycles. The molecule has 1 unspecified atom stereocenters. The van der Waals surface area contributed by atoms with Gasteiger partial charge in [0.1, 0.15) is 0 Å². The van der Waals surface area contributed by atoms with Crippen molar-refractivity contribution in [2.45, 2.75) is 38.5 Å². The van der Waals surface area contributed by atoms with Gasteiger partial charge in [-0.25, -0.2) is 0 Å². The first-order valence-corrected chi connectivity index (χ1v) is 8.57. The largest absolute Gasteiger partial charge is 0.354 e. The molecule has 0 radical (unpaired) electrons. The summed E-state index contributed by atoms with van der Waals surface area (Å²) >= 11 is 2.10. The molecule has 1 atom stereocenters. The first kappa shape index (κ1) is 21.3. The van der Waals surface area contributed by atoms with Gasteiger partial charge in [0.2, 0.25) is 0 Å². The highest BCUT2D eigenvalue weighted by molar-refractivity contribution is 14.0. The number of hydrogen-bond donors (Lipinski definition) is 1. The highest BCUT2D eigenvalue weighted by atomic mass is 127. The fourth-order valence-electron chi connectivity index (χ4n) is 2.06. The SMILES string of the molecule is CN=C(NCC(C)(C)N(C)C)N1CCSC(C(C)C)C1.I. The molecule has 6 heteroatoms. The second-order valence-corrected chi connectivity index (χ2v) is 8.05. The van der Waals surface area contributed by atoms with Crippen LogP contribution in [0.15, 0.2) is 4.99 Å². The molecular weight excluding hydrogens is 395 g/mol. The Kier molecular flexibility index (Phi) is 9.59.